The Bertz CT molecular complexity index is 775. The van der Waals surface area contributed by atoms with Crippen molar-refractivity contribution in [3.8, 4) is 11.5 Å². The molecule has 0 aliphatic heterocycles. The summed E-state index contributed by atoms with van der Waals surface area (Å²) in [6, 6.07) is 25.4. The minimum atomic E-state index is 0.503. The van der Waals surface area contributed by atoms with Crippen molar-refractivity contribution in [3.63, 3.8) is 0 Å². The van der Waals surface area contributed by atoms with E-state index in [2.05, 4.69) is 11.4 Å². The lowest BCUT2D eigenvalue weighted by Crippen LogP contribution is -2.09. The van der Waals surface area contributed by atoms with Crippen molar-refractivity contribution >= 4 is 17.3 Å². The Hall–Kier alpha value is -2.65. The van der Waals surface area contributed by atoms with Gasteiger partial charge in [0.25, 0.3) is 0 Å². The van der Waals surface area contributed by atoms with Gasteiger partial charge in [-0.15, -0.1) is 0 Å². The first-order valence-electron chi connectivity index (χ1n) is 8.19. The van der Waals surface area contributed by atoms with Crippen LogP contribution < -0.4 is 14.8 Å². The molecule has 0 saturated heterocycles. The number of hydrogen-bond acceptors (Lipinski definition) is 3. The highest BCUT2D eigenvalue weighted by Crippen LogP contribution is 2.17. The molecule has 3 nitrogen and oxygen atoms in total. The van der Waals surface area contributed by atoms with Crippen LogP contribution in [0.2, 0.25) is 5.02 Å². The summed E-state index contributed by atoms with van der Waals surface area (Å²) in [5.41, 5.74) is 2.18. The molecule has 3 aromatic carbocycles. The molecule has 0 aliphatic carbocycles. The van der Waals surface area contributed by atoms with Gasteiger partial charge < -0.3 is 14.8 Å². The third kappa shape index (κ3) is 5.73. The van der Waals surface area contributed by atoms with Crippen LogP contribution >= 0.6 is 11.6 Å². The quantitative estimate of drug-likeness (QED) is 0.549. The molecule has 3 rings (SSSR count). The standard InChI is InChI=1S/C21H20ClNO2/c22-18-9-11-19(12-10-18)23-16-17-5-4-8-21(15-17)25-14-13-24-20-6-2-1-3-7-20/h1-12,15,23H,13-14,16H2. The fourth-order valence-corrected chi connectivity index (χ4v) is 2.48. The molecule has 3 aromatic rings. The number of para-hydroxylation sites is 1. The maximum Gasteiger partial charge on any atom is 0.122 e. The van der Waals surface area contributed by atoms with Gasteiger partial charge in [0.2, 0.25) is 0 Å². The molecule has 0 unspecified atom stereocenters. The lowest BCUT2D eigenvalue weighted by atomic mass is 10.2. The normalized spacial score (nSPS) is 10.3. The van der Waals surface area contributed by atoms with Crippen molar-refractivity contribution in [2.75, 3.05) is 18.5 Å². The van der Waals surface area contributed by atoms with Crippen LogP contribution in [-0.2, 0) is 6.54 Å². The molecule has 0 radical (unpaired) electrons. The highest BCUT2D eigenvalue weighted by Gasteiger charge is 1.99. The van der Waals surface area contributed by atoms with E-state index in [1.165, 1.54) is 0 Å². The second kappa shape index (κ2) is 9.00. The first-order valence-corrected chi connectivity index (χ1v) is 8.56. The third-order valence-corrected chi connectivity index (χ3v) is 3.86. The highest BCUT2D eigenvalue weighted by molar-refractivity contribution is 6.30. The van der Waals surface area contributed by atoms with Gasteiger partial charge in [-0.2, -0.15) is 0 Å². The van der Waals surface area contributed by atoms with E-state index >= 15 is 0 Å². The molecule has 0 fully saturated rings. The van der Waals surface area contributed by atoms with Gasteiger partial charge in [0, 0.05) is 17.3 Å². The molecular weight excluding hydrogens is 334 g/mol. The molecule has 25 heavy (non-hydrogen) atoms. The largest absolute Gasteiger partial charge is 0.490 e. The Morgan fingerprint density at radius 3 is 2.16 bits per heavy atom. The molecule has 0 heterocycles. The van der Waals surface area contributed by atoms with Crippen molar-refractivity contribution in [1.82, 2.24) is 0 Å². The predicted molar refractivity (Wildman–Crippen MR) is 103 cm³/mol. The van der Waals surface area contributed by atoms with Gasteiger partial charge in [0.15, 0.2) is 0 Å². The Morgan fingerprint density at radius 1 is 0.720 bits per heavy atom. The van der Waals surface area contributed by atoms with Gasteiger partial charge in [0.05, 0.1) is 0 Å². The number of rotatable bonds is 8. The third-order valence-electron chi connectivity index (χ3n) is 3.60. The summed E-state index contributed by atoms with van der Waals surface area (Å²) in [7, 11) is 0. The van der Waals surface area contributed by atoms with Gasteiger partial charge >= 0.3 is 0 Å². The smallest absolute Gasteiger partial charge is 0.122 e. The van der Waals surface area contributed by atoms with E-state index in [0.29, 0.717) is 13.2 Å². The van der Waals surface area contributed by atoms with Crippen molar-refractivity contribution in [3.05, 3.63) is 89.4 Å². The second-order valence-corrected chi connectivity index (χ2v) is 5.95. The topological polar surface area (TPSA) is 30.5 Å². The van der Waals surface area contributed by atoms with E-state index in [0.717, 1.165) is 34.3 Å². The monoisotopic (exact) mass is 353 g/mol. The second-order valence-electron chi connectivity index (χ2n) is 5.52. The highest BCUT2D eigenvalue weighted by atomic mass is 35.5. The minimum absolute atomic E-state index is 0.503. The predicted octanol–water partition coefficient (Wildman–Crippen LogP) is 5.41. The van der Waals surface area contributed by atoms with E-state index in [-0.39, 0.29) is 0 Å². The Kier molecular flexibility index (Phi) is 6.18. The number of nitrogens with one attached hydrogen (secondary N) is 1. The van der Waals surface area contributed by atoms with E-state index in [1.807, 2.05) is 72.8 Å². The zero-order chi connectivity index (χ0) is 17.3. The summed E-state index contributed by atoms with van der Waals surface area (Å²) in [4.78, 5) is 0. The Labute approximate surface area is 153 Å². The van der Waals surface area contributed by atoms with E-state index in [4.69, 9.17) is 21.1 Å². The van der Waals surface area contributed by atoms with Crippen molar-refractivity contribution < 1.29 is 9.47 Å². The number of ether oxygens (including phenoxy) is 2. The van der Waals surface area contributed by atoms with Crippen molar-refractivity contribution in [2.24, 2.45) is 0 Å². The fraction of sp³-hybridized carbons (Fsp3) is 0.143. The Balaban J connectivity index is 1.45. The zero-order valence-electron chi connectivity index (χ0n) is 13.8. The average molecular weight is 354 g/mol. The summed E-state index contributed by atoms with van der Waals surface area (Å²) in [6.45, 7) is 1.74. The van der Waals surface area contributed by atoms with Gasteiger partial charge in [-0.25, -0.2) is 0 Å². The molecule has 0 spiro atoms. The molecule has 4 heteroatoms. The lowest BCUT2D eigenvalue weighted by Gasteiger charge is -2.10. The van der Waals surface area contributed by atoms with Crippen LogP contribution in [0.15, 0.2) is 78.9 Å². The molecule has 128 valence electrons. The summed E-state index contributed by atoms with van der Waals surface area (Å²) in [6.07, 6.45) is 0. The van der Waals surface area contributed by atoms with Crippen LogP contribution in [0, 0.1) is 0 Å². The molecular formula is C21H20ClNO2. The minimum Gasteiger partial charge on any atom is -0.490 e. The van der Waals surface area contributed by atoms with Crippen LogP contribution in [0.4, 0.5) is 5.69 Å². The first kappa shape index (κ1) is 17.2. The SMILES string of the molecule is Clc1ccc(NCc2cccc(OCCOc3ccccc3)c2)cc1. The summed E-state index contributed by atoms with van der Waals surface area (Å²) < 4.78 is 11.4. The molecule has 0 atom stereocenters. The van der Waals surface area contributed by atoms with Gasteiger partial charge in [0.1, 0.15) is 24.7 Å². The van der Waals surface area contributed by atoms with Crippen LogP contribution in [0.3, 0.4) is 0 Å². The van der Waals surface area contributed by atoms with Crippen LogP contribution in [-0.4, -0.2) is 13.2 Å². The van der Waals surface area contributed by atoms with Gasteiger partial charge in [-0.05, 0) is 54.1 Å². The number of hydrogen-bond donors (Lipinski definition) is 1. The molecule has 1 N–H and O–H groups in total. The number of anilines is 1. The van der Waals surface area contributed by atoms with E-state index < -0.39 is 0 Å². The average Bonchev–Trinajstić information content (AvgIpc) is 2.66. The van der Waals surface area contributed by atoms with E-state index in [9.17, 15) is 0 Å². The number of halogens is 1. The summed E-state index contributed by atoms with van der Waals surface area (Å²) in [5.74, 6) is 1.69. The van der Waals surface area contributed by atoms with Gasteiger partial charge in [-0.1, -0.05) is 41.9 Å². The van der Waals surface area contributed by atoms with Crippen LogP contribution in [0.5, 0.6) is 11.5 Å². The summed E-state index contributed by atoms with van der Waals surface area (Å²) in [5, 5.41) is 4.10. The summed E-state index contributed by atoms with van der Waals surface area (Å²) >= 11 is 5.89. The van der Waals surface area contributed by atoms with E-state index in [1.54, 1.807) is 0 Å². The number of benzene rings is 3. The molecule has 0 amide bonds. The van der Waals surface area contributed by atoms with Crippen LogP contribution in [0.25, 0.3) is 0 Å². The van der Waals surface area contributed by atoms with Crippen LogP contribution in [0.1, 0.15) is 5.56 Å². The van der Waals surface area contributed by atoms with Crippen molar-refractivity contribution in [1.29, 1.82) is 0 Å². The molecule has 0 aromatic heterocycles. The molecule has 0 bridgehead atoms. The zero-order valence-corrected chi connectivity index (χ0v) is 14.6. The van der Waals surface area contributed by atoms with Gasteiger partial charge in [-0.3, -0.25) is 0 Å². The lowest BCUT2D eigenvalue weighted by molar-refractivity contribution is 0.217. The Morgan fingerprint density at radius 2 is 1.40 bits per heavy atom. The molecule has 0 aliphatic rings. The molecule has 0 saturated carbocycles. The van der Waals surface area contributed by atoms with Crippen molar-refractivity contribution in [2.45, 2.75) is 6.54 Å². The fourth-order valence-electron chi connectivity index (χ4n) is 2.35. The maximum absolute atomic E-state index is 5.89. The maximum atomic E-state index is 5.89. The first-order chi connectivity index (χ1) is 12.3.